The summed E-state index contributed by atoms with van der Waals surface area (Å²) in [6.45, 7) is 3.87. The molecule has 3 rings (SSSR count). The lowest BCUT2D eigenvalue weighted by molar-refractivity contribution is 0.0860. The summed E-state index contributed by atoms with van der Waals surface area (Å²) >= 11 is 0. The van der Waals surface area contributed by atoms with Crippen LogP contribution in [-0.2, 0) is 4.74 Å². The van der Waals surface area contributed by atoms with Crippen molar-refractivity contribution in [3.05, 3.63) is 61.1 Å². The van der Waals surface area contributed by atoms with E-state index in [1.165, 1.54) is 6.42 Å². The lowest BCUT2D eigenvalue weighted by Crippen LogP contribution is -2.37. The van der Waals surface area contributed by atoms with E-state index in [0.29, 0.717) is 0 Å². The van der Waals surface area contributed by atoms with Crippen LogP contribution in [0.2, 0.25) is 0 Å². The van der Waals surface area contributed by atoms with E-state index in [0.717, 1.165) is 35.5 Å². The number of amides is 1. The molecule has 1 aromatic heterocycles. The van der Waals surface area contributed by atoms with E-state index in [4.69, 9.17) is 4.74 Å². The van der Waals surface area contributed by atoms with Crippen molar-refractivity contribution >= 4 is 33.4 Å². The third-order valence-electron chi connectivity index (χ3n) is 4.39. The van der Waals surface area contributed by atoms with E-state index in [9.17, 15) is 4.79 Å². The van der Waals surface area contributed by atoms with Gasteiger partial charge in [-0.05, 0) is 66.8 Å². The van der Waals surface area contributed by atoms with Crippen LogP contribution in [0.25, 0.3) is 0 Å². The van der Waals surface area contributed by atoms with Crippen molar-refractivity contribution in [2.75, 3.05) is 11.9 Å². The Labute approximate surface area is 163 Å². The Kier molecular flexibility index (Phi) is 6.86. The van der Waals surface area contributed by atoms with Crippen LogP contribution in [0.15, 0.2) is 53.7 Å². The molecule has 137 valence electrons. The highest BCUT2D eigenvalue weighted by Crippen LogP contribution is 2.40. The zero-order chi connectivity index (χ0) is 18.4. The van der Waals surface area contributed by atoms with Gasteiger partial charge in [-0.3, -0.25) is 4.90 Å². The first-order valence-electron chi connectivity index (χ1n) is 8.74. The molecule has 0 bridgehead atoms. The molecule has 4 nitrogen and oxygen atoms in total. The van der Waals surface area contributed by atoms with Crippen LogP contribution >= 0.6 is 21.6 Å². The summed E-state index contributed by atoms with van der Waals surface area (Å²) in [6.07, 6.45) is 5.68. The minimum absolute atomic E-state index is 0.0629. The average Bonchev–Trinajstić information content (AvgIpc) is 2.68. The van der Waals surface area contributed by atoms with E-state index in [-0.39, 0.29) is 17.4 Å². The molecule has 0 aliphatic heterocycles. The monoisotopic (exact) mass is 387 g/mol. The molecule has 2 aromatic rings. The van der Waals surface area contributed by atoms with E-state index in [1.54, 1.807) is 39.7 Å². The van der Waals surface area contributed by atoms with Gasteiger partial charge >= 0.3 is 6.09 Å². The Morgan fingerprint density at radius 3 is 2.69 bits per heavy atom. The van der Waals surface area contributed by atoms with Crippen LogP contribution in [0, 0.1) is 6.92 Å². The van der Waals surface area contributed by atoms with Crippen molar-refractivity contribution in [2.24, 2.45) is 0 Å². The van der Waals surface area contributed by atoms with Gasteiger partial charge in [-0.25, -0.2) is 9.78 Å². The number of carbonyl (C=O) groups excluding carboxylic acids is 1. The van der Waals surface area contributed by atoms with Gasteiger partial charge in [-0.15, -0.1) is 0 Å². The summed E-state index contributed by atoms with van der Waals surface area (Å²) in [7, 11) is 5.16. The van der Waals surface area contributed by atoms with E-state index in [1.807, 2.05) is 42.5 Å². The van der Waals surface area contributed by atoms with Crippen molar-refractivity contribution in [2.45, 2.75) is 42.1 Å². The highest BCUT2D eigenvalue weighted by molar-refractivity contribution is 8.76. The van der Waals surface area contributed by atoms with Gasteiger partial charge in [-0.2, -0.15) is 0 Å². The van der Waals surface area contributed by atoms with Crippen LogP contribution in [0.4, 0.5) is 10.5 Å². The Bertz CT molecular complexity index is 710. The van der Waals surface area contributed by atoms with E-state index < -0.39 is 0 Å². The Morgan fingerprint density at radius 2 is 1.96 bits per heavy atom. The van der Waals surface area contributed by atoms with Gasteiger partial charge in [0, 0.05) is 18.9 Å². The van der Waals surface area contributed by atoms with E-state index >= 15 is 0 Å². The summed E-state index contributed by atoms with van der Waals surface area (Å²) < 4.78 is 5.86. The van der Waals surface area contributed by atoms with Crippen molar-refractivity contribution < 1.29 is 9.53 Å². The number of pyridine rings is 1. The zero-order valence-electron chi connectivity index (χ0n) is 14.8. The number of carbonyl (C=O) groups is 1. The fraction of sp³-hybridized carbons (Fsp3) is 0.350. The van der Waals surface area contributed by atoms with E-state index in [2.05, 4.69) is 11.9 Å². The molecule has 1 heterocycles. The smallest absolute Gasteiger partial charge is 0.414 e. The van der Waals surface area contributed by atoms with Gasteiger partial charge in [0.05, 0.1) is 5.25 Å². The molecule has 0 N–H and O–H groups in total. The third-order valence-corrected chi connectivity index (χ3v) is 7.22. The Morgan fingerprint density at radius 1 is 1.19 bits per heavy atom. The van der Waals surface area contributed by atoms with Crippen LogP contribution in [0.3, 0.4) is 0 Å². The van der Waals surface area contributed by atoms with Crippen LogP contribution in [0.1, 0.15) is 31.2 Å². The summed E-state index contributed by atoms with van der Waals surface area (Å²) in [6, 6.07) is 13.4. The molecule has 0 saturated heterocycles. The topological polar surface area (TPSA) is 42.4 Å². The van der Waals surface area contributed by atoms with Crippen LogP contribution in [-0.4, -0.2) is 29.5 Å². The molecular formula is C20H23N2O2S2. The van der Waals surface area contributed by atoms with Crippen molar-refractivity contribution in [3.63, 3.8) is 0 Å². The molecular weight excluding hydrogens is 364 g/mol. The predicted molar refractivity (Wildman–Crippen MR) is 110 cm³/mol. The Hall–Kier alpha value is -1.66. The Balaban J connectivity index is 1.58. The molecule has 1 saturated carbocycles. The second-order valence-electron chi connectivity index (χ2n) is 6.32. The SMILES string of the molecule is [CH2]c1ccc(N(C)C(=O)O[C@H]2CCCC[C@@H]2SSc2ccccn2)cc1. The molecule has 1 amide bonds. The maximum atomic E-state index is 12.6. The zero-order valence-corrected chi connectivity index (χ0v) is 16.5. The molecule has 1 aromatic carbocycles. The number of ether oxygens (including phenoxy) is 1. The standard InChI is InChI=1S/C20H23N2O2S2/c1-15-10-12-16(13-11-15)22(2)20(23)24-17-7-3-4-8-18(17)25-26-19-9-5-6-14-21-19/h5-6,9-14,17-18H,1,3-4,7-8H2,2H3/t17-,18-/m0/s1. The number of rotatable bonds is 5. The summed E-state index contributed by atoms with van der Waals surface area (Å²) in [5.41, 5.74) is 1.73. The van der Waals surface area contributed by atoms with Crippen molar-refractivity contribution in [1.82, 2.24) is 4.98 Å². The quantitative estimate of drug-likeness (QED) is 0.626. The molecule has 26 heavy (non-hydrogen) atoms. The molecule has 0 spiro atoms. The first-order valence-corrected chi connectivity index (χ1v) is 11.0. The number of hydrogen-bond donors (Lipinski definition) is 0. The lowest BCUT2D eigenvalue weighted by atomic mass is 9.97. The van der Waals surface area contributed by atoms with Gasteiger partial charge in [0.1, 0.15) is 11.1 Å². The predicted octanol–water partition coefficient (Wildman–Crippen LogP) is 5.59. The van der Waals surface area contributed by atoms with Gasteiger partial charge in [0.2, 0.25) is 0 Å². The lowest BCUT2D eigenvalue weighted by Gasteiger charge is -2.31. The molecule has 1 radical (unpaired) electrons. The first kappa shape index (κ1) is 19.1. The molecule has 0 unspecified atom stereocenters. The molecule has 1 aliphatic rings. The number of anilines is 1. The number of hydrogen-bond acceptors (Lipinski definition) is 5. The number of nitrogens with zero attached hydrogens (tertiary/aromatic N) is 2. The average molecular weight is 388 g/mol. The third kappa shape index (κ3) is 5.17. The maximum Gasteiger partial charge on any atom is 0.414 e. The molecule has 2 atom stereocenters. The highest BCUT2D eigenvalue weighted by atomic mass is 33.1. The van der Waals surface area contributed by atoms with Crippen molar-refractivity contribution in [3.8, 4) is 0 Å². The molecule has 1 fully saturated rings. The van der Waals surface area contributed by atoms with Gasteiger partial charge in [0.25, 0.3) is 0 Å². The number of benzene rings is 1. The number of aromatic nitrogens is 1. The minimum Gasteiger partial charge on any atom is -0.445 e. The maximum absolute atomic E-state index is 12.6. The fourth-order valence-electron chi connectivity index (χ4n) is 2.85. The van der Waals surface area contributed by atoms with Crippen molar-refractivity contribution in [1.29, 1.82) is 0 Å². The van der Waals surface area contributed by atoms with Crippen LogP contribution in [0.5, 0.6) is 0 Å². The largest absolute Gasteiger partial charge is 0.445 e. The van der Waals surface area contributed by atoms with Crippen LogP contribution < -0.4 is 4.90 Å². The van der Waals surface area contributed by atoms with Gasteiger partial charge in [0.15, 0.2) is 0 Å². The second-order valence-corrected chi connectivity index (χ2v) is 8.78. The second kappa shape index (κ2) is 9.33. The highest BCUT2D eigenvalue weighted by Gasteiger charge is 2.30. The van der Waals surface area contributed by atoms with Gasteiger partial charge in [-0.1, -0.05) is 35.4 Å². The molecule has 1 aliphatic carbocycles. The molecule has 6 heteroatoms. The fourth-order valence-corrected chi connectivity index (χ4v) is 5.51. The van der Waals surface area contributed by atoms with Gasteiger partial charge < -0.3 is 4.74 Å². The minimum atomic E-state index is -0.304. The summed E-state index contributed by atoms with van der Waals surface area (Å²) in [4.78, 5) is 18.5. The normalized spacial score (nSPS) is 19.8. The summed E-state index contributed by atoms with van der Waals surface area (Å²) in [5.74, 6) is 0. The first-order chi connectivity index (χ1) is 12.6. The summed E-state index contributed by atoms with van der Waals surface area (Å²) in [5, 5.41) is 1.27.